The number of nitrogens with two attached hydrogens (primary N) is 1. The summed E-state index contributed by atoms with van der Waals surface area (Å²) in [6, 6.07) is 14.2. The first-order valence-corrected chi connectivity index (χ1v) is 6.35. The standard InChI is InChI=1S/C16H15N3O/c1-11-2-3-13(16-18-8-9-20-16)10-15(11)12-4-6-14(19-17)7-5-12/h2-10,19H,17H2,1H3. The van der Waals surface area contributed by atoms with E-state index in [1.165, 1.54) is 5.56 Å². The van der Waals surface area contributed by atoms with Crippen molar-refractivity contribution in [3.63, 3.8) is 0 Å². The molecule has 0 saturated heterocycles. The smallest absolute Gasteiger partial charge is 0.225 e. The van der Waals surface area contributed by atoms with Crippen molar-refractivity contribution < 1.29 is 4.42 Å². The first kappa shape index (κ1) is 12.4. The molecular weight excluding hydrogens is 250 g/mol. The predicted octanol–water partition coefficient (Wildman–Crippen LogP) is 3.60. The van der Waals surface area contributed by atoms with E-state index in [-0.39, 0.29) is 0 Å². The third-order valence-electron chi connectivity index (χ3n) is 3.28. The quantitative estimate of drug-likeness (QED) is 0.561. The van der Waals surface area contributed by atoms with Crippen molar-refractivity contribution in [2.45, 2.75) is 6.92 Å². The van der Waals surface area contributed by atoms with Crippen molar-refractivity contribution >= 4 is 5.69 Å². The molecule has 3 N–H and O–H groups in total. The molecule has 0 unspecified atom stereocenters. The van der Waals surface area contributed by atoms with Gasteiger partial charge in [0.25, 0.3) is 0 Å². The number of aryl methyl sites for hydroxylation is 1. The molecule has 2 aromatic carbocycles. The van der Waals surface area contributed by atoms with Crippen LogP contribution in [0.25, 0.3) is 22.6 Å². The van der Waals surface area contributed by atoms with E-state index < -0.39 is 0 Å². The van der Waals surface area contributed by atoms with Crippen molar-refractivity contribution in [3.8, 4) is 22.6 Å². The Hall–Kier alpha value is -2.59. The maximum atomic E-state index is 5.39. The van der Waals surface area contributed by atoms with Gasteiger partial charge >= 0.3 is 0 Å². The van der Waals surface area contributed by atoms with Gasteiger partial charge in [0.15, 0.2) is 0 Å². The van der Waals surface area contributed by atoms with E-state index in [2.05, 4.69) is 29.5 Å². The number of anilines is 1. The second kappa shape index (κ2) is 5.19. The molecular formula is C16H15N3O. The van der Waals surface area contributed by atoms with Crippen LogP contribution in [0.15, 0.2) is 59.3 Å². The van der Waals surface area contributed by atoms with Crippen LogP contribution in [0.5, 0.6) is 0 Å². The van der Waals surface area contributed by atoms with Gasteiger partial charge in [-0.3, -0.25) is 5.84 Å². The Kier molecular flexibility index (Phi) is 3.23. The number of hydrazine groups is 1. The molecule has 20 heavy (non-hydrogen) atoms. The highest BCUT2D eigenvalue weighted by atomic mass is 16.3. The zero-order valence-corrected chi connectivity index (χ0v) is 11.1. The van der Waals surface area contributed by atoms with Gasteiger partial charge < -0.3 is 9.84 Å². The molecule has 0 radical (unpaired) electrons. The number of benzene rings is 2. The summed E-state index contributed by atoms with van der Waals surface area (Å²) in [4.78, 5) is 4.19. The zero-order valence-electron chi connectivity index (χ0n) is 11.1. The molecule has 0 amide bonds. The van der Waals surface area contributed by atoms with Crippen LogP contribution in [0.1, 0.15) is 5.56 Å². The Morgan fingerprint density at radius 2 is 1.80 bits per heavy atom. The topological polar surface area (TPSA) is 64.1 Å². The summed E-state index contributed by atoms with van der Waals surface area (Å²) in [5.74, 6) is 6.02. The van der Waals surface area contributed by atoms with E-state index in [1.807, 2.05) is 30.3 Å². The summed E-state index contributed by atoms with van der Waals surface area (Å²) in [5.41, 5.74) is 7.98. The highest BCUT2D eigenvalue weighted by Crippen LogP contribution is 2.29. The van der Waals surface area contributed by atoms with Gasteiger partial charge in [0.2, 0.25) is 5.89 Å². The average molecular weight is 265 g/mol. The minimum atomic E-state index is 0.631. The van der Waals surface area contributed by atoms with Crippen LogP contribution >= 0.6 is 0 Å². The molecule has 3 aromatic rings. The van der Waals surface area contributed by atoms with Crippen molar-refractivity contribution in [1.29, 1.82) is 0 Å². The molecule has 0 aliphatic rings. The fourth-order valence-corrected chi connectivity index (χ4v) is 2.18. The zero-order chi connectivity index (χ0) is 13.9. The number of nitrogens with zero attached hydrogens (tertiary/aromatic N) is 1. The third-order valence-corrected chi connectivity index (χ3v) is 3.28. The van der Waals surface area contributed by atoms with Crippen LogP contribution in [0.2, 0.25) is 0 Å². The summed E-state index contributed by atoms with van der Waals surface area (Å²) in [6.07, 6.45) is 3.23. The summed E-state index contributed by atoms with van der Waals surface area (Å²) in [5, 5.41) is 0. The maximum Gasteiger partial charge on any atom is 0.225 e. The highest BCUT2D eigenvalue weighted by Gasteiger charge is 2.07. The fraction of sp³-hybridized carbons (Fsp3) is 0.0625. The van der Waals surface area contributed by atoms with E-state index in [1.54, 1.807) is 12.5 Å². The molecule has 3 rings (SSSR count). The molecule has 0 saturated carbocycles. The van der Waals surface area contributed by atoms with E-state index >= 15 is 0 Å². The monoisotopic (exact) mass is 265 g/mol. The number of nitrogens with one attached hydrogen (secondary N) is 1. The lowest BCUT2D eigenvalue weighted by Crippen LogP contribution is -2.05. The van der Waals surface area contributed by atoms with Gasteiger partial charge in [0.05, 0.1) is 6.20 Å². The fourth-order valence-electron chi connectivity index (χ4n) is 2.18. The van der Waals surface area contributed by atoms with E-state index in [0.717, 1.165) is 22.4 Å². The second-order valence-electron chi connectivity index (χ2n) is 4.59. The van der Waals surface area contributed by atoms with Crippen LogP contribution in [0.3, 0.4) is 0 Å². The highest BCUT2D eigenvalue weighted by molar-refractivity contribution is 5.73. The Labute approximate surface area is 117 Å². The van der Waals surface area contributed by atoms with Crippen LogP contribution in [0.4, 0.5) is 5.69 Å². The largest absolute Gasteiger partial charge is 0.445 e. The minimum absolute atomic E-state index is 0.631. The van der Waals surface area contributed by atoms with Gasteiger partial charge in [0.1, 0.15) is 6.26 Å². The first-order chi connectivity index (χ1) is 9.78. The molecule has 0 aliphatic heterocycles. The lowest BCUT2D eigenvalue weighted by Gasteiger charge is -2.09. The molecule has 0 fully saturated rings. The summed E-state index contributed by atoms with van der Waals surface area (Å²) in [6.45, 7) is 2.09. The SMILES string of the molecule is Cc1ccc(-c2ncco2)cc1-c1ccc(NN)cc1. The molecule has 1 heterocycles. The van der Waals surface area contributed by atoms with E-state index in [4.69, 9.17) is 10.3 Å². The minimum Gasteiger partial charge on any atom is -0.445 e. The van der Waals surface area contributed by atoms with E-state index in [0.29, 0.717) is 5.89 Å². The summed E-state index contributed by atoms with van der Waals surface area (Å²) in [7, 11) is 0. The van der Waals surface area contributed by atoms with Crippen molar-refractivity contribution in [2.75, 3.05) is 5.43 Å². The Morgan fingerprint density at radius 3 is 2.45 bits per heavy atom. The molecule has 100 valence electrons. The van der Waals surface area contributed by atoms with Gasteiger partial charge in [-0.1, -0.05) is 18.2 Å². The molecule has 0 spiro atoms. The molecule has 1 aromatic heterocycles. The summed E-state index contributed by atoms with van der Waals surface area (Å²) < 4.78 is 5.35. The number of oxazole rings is 1. The van der Waals surface area contributed by atoms with Crippen molar-refractivity contribution in [1.82, 2.24) is 4.98 Å². The Bertz CT molecular complexity index is 703. The predicted molar refractivity (Wildman–Crippen MR) is 79.9 cm³/mol. The molecule has 0 bridgehead atoms. The number of hydrogen-bond acceptors (Lipinski definition) is 4. The van der Waals surface area contributed by atoms with Crippen LogP contribution in [0, 0.1) is 6.92 Å². The molecule has 0 atom stereocenters. The van der Waals surface area contributed by atoms with Gasteiger partial charge in [-0.2, -0.15) is 0 Å². The average Bonchev–Trinajstić information content (AvgIpc) is 3.02. The van der Waals surface area contributed by atoms with Gasteiger partial charge in [-0.05, 0) is 47.9 Å². The number of hydrogen-bond donors (Lipinski definition) is 2. The normalized spacial score (nSPS) is 10.5. The lowest BCUT2D eigenvalue weighted by molar-refractivity contribution is 0.574. The number of nitrogen functional groups attached to an aromatic ring is 1. The maximum absolute atomic E-state index is 5.39. The van der Waals surface area contributed by atoms with Crippen molar-refractivity contribution in [3.05, 3.63) is 60.5 Å². The lowest BCUT2D eigenvalue weighted by atomic mass is 9.98. The van der Waals surface area contributed by atoms with Crippen molar-refractivity contribution in [2.24, 2.45) is 5.84 Å². The Balaban J connectivity index is 2.05. The number of aromatic nitrogens is 1. The van der Waals surface area contributed by atoms with Gasteiger partial charge in [-0.25, -0.2) is 4.98 Å². The van der Waals surface area contributed by atoms with Crippen LogP contribution < -0.4 is 11.3 Å². The third kappa shape index (κ3) is 2.29. The molecule has 0 aliphatic carbocycles. The summed E-state index contributed by atoms with van der Waals surface area (Å²) >= 11 is 0. The Morgan fingerprint density at radius 1 is 1.05 bits per heavy atom. The van der Waals surface area contributed by atoms with Crippen LogP contribution in [-0.4, -0.2) is 4.98 Å². The van der Waals surface area contributed by atoms with Gasteiger partial charge in [-0.15, -0.1) is 0 Å². The molecule has 4 nitrogen and oxygen atoms in total. The van der Waals surface area contributed by atoms with Crippen LogP contribution in [-0.2, 0) is 0 Å². The van der Waals surface area contributed by atoms with Gasteiger partial charge in [0, 0.05) is 11.3 Å². The first-order valence-electron chi connectivity index (χ1n) is 6.35. The number of rotatable bonds is 3. The van der Waals surface area contributed by atoms with E-state index in [9.17, 15) is 0 Å². The second-order valence-corrected chi connectivity index (χ2v) is 4.59. The molecule has 4 heteroatoms.